The Labute approximate surface area is 266 Å². The third-order valence-electron chi connectivity index (χ3n) is 10.6. The van der Waals surface area contributed by atoms with Gasteiger partial charge in [0.2, 0.25) is 0 Å². The molecule has 13 heteroatoms. The standard InChI is InChI=1S/C33H42O13/c1-16-21(44-18(3)35)13-32(30(5,6)41)24(16)25(38)27(39)31(14-42-17(2)34)22(37)12-23-33(15-43-23,46-19(4)36)26(31)28(32)45-29(40)20-10-8-7-9-11-20/h7-11,21-23,25-28,37-39,41H,12-15H2,1-6H3/t21-,22-,23+,25+,26?,27-,28-,31+,32-,33-/m0/s1. The molecule has 3 fully saturated rings. The predicted octanol–water partition coefficient (Wildman–Crippen LogP) is 0.988. The summed E-state index contributed by atoms with van der Waals surface area (Å²) in [5.41, 5.74) is -6.98. The van der Waals surface area contributed by atoms with Gasteiger partial charge in [-0.2, -0.15) is 0 Å². The molecule has 10 atom stereocenters. The molecule has 1 aromatic rings. The zero-order valence-corrected chi connectivity index (χ0v) is 26.7. The molecule has 1 unspecified atom stereocenters. The van der Waals surface area contributed by atoms with Crippen molar-refractivity contribution in [3.63, 3.8) is 0 Å². The fraction of sp³-hybridized carbons (Fsp3) is 0.636. The van der Waals surface area contributed by atoms with E-state index < -0.39 is 95.1 Å². The Bertz CT molecular complexity index is 1430. The van der Waals surface area contributed by atoms with E-state index in [1.54, 1.807) is 25.1 Å². The first kappa shape index (κ1) is 34.0. The first-order chi connectivity index (χ1) is 21.4. The number of hydrogen-bond donors (Lipinski definition) is 4. The maximum absolute atomic E-state index is 14.0. The van der Waals surface area contributed by atoms with Gasteiger partial charge in [0, 0.05) is 33.6 Å². The molecule has 1 aliphatic heterocycles. The number of ether oxygens (including phenoxy) is 5. The summed E-state index contributed by atoms with van der Waals surface area (Å²) in [6.45, 7) is 7.01. The van der Waals surface area contributed by atoms with Gasteiger partial charge in [-0.05, 0) is 44.1 Å². The van der Waals surface area contributed by atoms with Crippen molar-refractivity contribution in [3.05, 3.63) is 47.0 Å². The lowest BCUT2D eigenvalue weighted by atomic mass is 9.49. The quantitative estimate of drug-likeness (QED) is 0.186. The third kappa shape index (κ3) is 4.94. The van der Waals surface area contributed by atoms with Gasteiger partial charge in [0.15, 0.2) is 5.60 Å². The highest BCUT2D eigenvalue weighted by molar-refractivity contribution is 5.89. The van der Waals surface area contributed by atoms with Crippen LogP contribution in [0, 0.1) is 16.7 Å². The summed E-state index contributed by atoms with van der Waals surface area (Å²) in [4.78, 5) is 51.3. The van der Waals surface area contributed by atoms with E-state index in [2.05, 4.69) is 0 Å². The molecule has 0 bridgehead atoms. The van der Waals surface area contributed by atoms with Crippen molar-refractivity contribution in [2.45, 2.75) is 102 Å². The van der Waals surface area contributed by atoms with Crippen LogP contribution in [0.1, 0.15) is 64.7 Å². The largest absolute Gasteiger partial charge is 0.465 e. The van der Waals surface area contributed by atoms with E-state index in [0.29, 0.717) is 5.57 Å². The topological polar surface area (TPSA) is 195 Å². The number of aliphatic hydroxyl groups excluding tert-OH is 3. The second-order valence-electron chi connectivity index (χ2n) is 13.5. The van der Waals surface area contributed by atoms with E-state index in [9.17, 15) is 39.6 Å². The smallest absolute Gasteiger partial charge is 0.338 e. The lowest BCUT2D eigenvalue weighted by Gasteiger charge is -2.65. The molecule has 46 heavy (non-hydrogen) atoms. The number of hydrogen-bond acceptors (Lipinski definition) is 13. The van der Waals surface area contributed by atoms with Crippen LogP contribution in [0.2, 0.25) is 0 Å². The van der Waals surface area contributed by atoms with E-state index in [4.69, 9.17) is 23.7 Å². The van der Waals surface area contributed by atoms with Crippen molar-refractivity contribution >= 4 is 23.9 Å². The molecule has 5 rings (SSSR count). The van der Waals surface area contributed by atoms with Crippen LogP contribution < -0.4 is 0 Å². The lowest BCUT2D eigenvalue weighted by Crippen LogP contribution is -2.80. The van der Waals surface area contributed by atoms with Crippen molar-refractivity contribution in [1.29, 1.82) is 0 Å². The molecule has 1 heterocycles. The van der Waals surface area contributed by atoms with Gasteiger partial charge >= 0.3 is 23.9 Å². The zero-order chi connectivity index (χ0) is 34.0. The summed E-state index contributed by atoms with van der Waals surface area (Å²) in [5.74, 6) is -4.46. The third-order valence-corrected chi connectivity index (χ3v) is 10.6. The van der Waals surface area contributed by atoms with Crippen molar-refractivity contribution in [2.75, 3.05) is 13.2 Å². The Morgan fingerprint density at radius 1 is 0.978 bits per heavy atom. The van der Waals surface area contributed by atoms with E-state index in [1.807, 2.05) is 0 Å². The predicted molar refractivity (Wildman–Crippen MR) is 157 cm³/mol. The molecule has 252 valence electrons. The Hall–Kier alpha value is -3.36. The lowest BCUT2D eigenvalue weighted by molar-refractivity contribution is -0.358. The van der Waals surface area contributed by atoms with Crippen LogP contribution in [-0.4, -0.2) is 105 Å². The molecule has 0 spiro atoms. The van der Waals surface area contributed by atoms with E-state index in [-0.39, 0.29) is 30.6 Å². The molecular weight excluding hydrogens is 604 g/mol. The summed E-state index contributed by atoms with van der Waals surface area (Å²) < 4.78 is 29.4. The van der Waals surface area contributed by atoms with Gasteiger partial charge < -0.3 is 44.1 Å². The van der Waals surface area contributed by atoms with Crippen molar-refractivity contribution < 1.29 is 63.3 Å². The molecule has 13 nitrogen and oxygen atoms in total. The van der Waals surface area contributed by atoms with E-state index >= 15 is 0 Å². The first-order valence-electron chi connectivity index (χ1n) is 15.3. The fourth-order valence-corrected chi connectivity index (χ4v) is 8.62. The van der Waals surface area contributed by atoms with Crippen LogP contribution in [0.15, 0.2) is 41.5 Å². The highest BCUT2D eigenvalue weighted by atomic mass is 16.6. The number of rotatable bonds is 7. The van der Waals surface area contributed by atoms with Crippen molar-refractivity contribution in [1.82, 2.24) is 0 Å². The van der Waals surface area contributed by atoms with Gasteiger partial charge in [-0.3, -0.25) is 14.4 Å². The van der Waals surface area contributed by atoms with Crippen molar-refractivity contribution in [2.24, 2.45) is 16.7 Å². The van der Waals surface area contributed by atoms with E-state index in [0.717, 1.165) is 6.92 Å². The summed E-state index contributed by atoms with van der Waals surface area (Å²) in [6.07, 6.45) is -9.36. The minimum Gasteiger partial charge on any atom is -0.465 e. The van der Waals surface area contributed by atoms with Gasteiger partial charge in [0.1, 0.15) is 31.0 Å². The normalized spacial score (nSPS) is 38.3. The van der Waals surface area contributed by atoms with Gasteiger partial charge in [-0.25, -0.2) is 4.79 Å². The molecule has 0 amide bonds. The SMILES string of the molecule is CC(=O)OC[C@@]12C([C@H](OC(=O)c3ccccc3)[C@]3(C(C)(C)O)C[C@H](OC(C)=O)C(C)=C3[C@@H](O)[C@@H]1O)[C@]1(OC(C)=O)CO[C@@H]1C[C@@H]2O. The molecule has 2 saturated carbocycles. The number of benzene rings is 1. The minimum atomic E-state index is -2.03. The van der Waals surface area contributed by atoms with Crippen molar-refractivity contribution in [3.8, 4) is 0 Å². The van der Waals surface area contributed by atoms with E-state index in [1.165, 1.54) is 39.8 Å². The summed E-state index contributed by atoms with van der Waals surface area (Å²) >= 11 is 0. The monoisotopic (exact) mass is 646 g/mol. The molecular formula is C33H42O13. The van der Waals surface area contributed by atoms with Gasteiger partial charge in [-0.15, -0.1) is 0 Å². The highest BCUT2D eigenvalue weighted by Gasteiger charge is 2.80. The Balaban J connectivity index is 1.89. The van der Waals surface area contributed by atoms with Gasteiger partial charge in [-0.1, -0.05) is 18.2 Å². The number of carbonyl (C=O) groups excluding carboxylic acids is 4. The summed E-state index contributed by atoms with van der Waals surface area (Å²) in [5, 5.41) is 48.6. The Morgan fingerprint density at radius 3 is 2.15 bits per heavy atom. The molecule has 1 aromatic carbocycles. The van der Waals surface area contributed by atoms with Crippen LogP contribution in [0.4, 0.5) is 0 Å². The second kappa shape index (κ2) is 11.7. The minimum absolute atomic E-state index is 0.0307. The van der Waals surface area contributed by atoms with Crippen LogP contribution >= 0.6 is 0 Å². The summed E-state index contributed by atoms with van der Waals surface area (Å²) in [7, 11) is 0. The maximum Gasteiger partial charge on any atom is 0.338 e. The highest BCUT2D eigenvalue weighted by Crippen LogP contribution is 2.68. The Morgan fingerprint density at radius 2 is 1.63 bits per heavy atom. The average Bonchev–Trinajstić information content (AvgIpc) is 3.23. The number of esters is 4. The van der Waals surface area contributed by atoms with Crippen LogP contribution in [0.3, 0.4) is 0 Å². The average molecular weight is 647 g/mol. The molecule has 1 saturated heterocycles. The van der Waals surface area contributed by atoms with Gasteiger partial charge in [0.05, 0.1) is 46.7 Å². The van der Waals surface area contributed by atoms with Crippen LogP contribution in [0.5, 0.6) is 0 Å². The number of fused-ring (bicyclic) bond motifs is 4. The molecule has 0 aromatic heterocycles. The maximum atomic E-state index is 14.0. The molecule has 4 aliphatic rings. The van der Waals surface area contributed by atoms with Crippen LogP contribution in [0.25, 0.3) is 0 Å². The first-order valence-corrected chi connectivity index (χ1v) is 15.3. The fourth-order valence-electron chi connectivity index (χ4n) is 8.62. The zero-order valence-electron chi connectivity index (χ0n) is 26.7. The number of aliphatic hydroxyl groups is 4. The molecule has 4 N–H and O–H groups in total. The molecule has 0 radical (unpaired) electrons. The number of carbonyl (C=O) groups is 4. The Kier molecular flexibility index (Phi) is 8.65. The summed E-state index contributed by atoms with van der Waals surface area (Å²) in [6, 6.07) is 7.96. The molecule has 3 aliphatic carbocycles. The second-order valence-corrected chi connectivity index (χ2v) is 13.5. The van der Waals surface area contributed by atoms with Crippen LogP contribution in [-0.2, 0) is 38.1 Å². The van der Waals surface area contributed by atoms with Gasteiger partial charge in [0.25, 0.3) is 0 Å².